The normalized spacial score (nSPS) is 12.4. The Kier molecular flexibility index (Phi) is 8.99. The fourth-order valence-corrected chi connectivity index (χ4v) is 6.21. The first-order chi connectivity index (χ1) is 17.8. The second kappa shape index (κ2) is 12.2. The van der Waals surface area contributed by atoms with Gasteiger partial charge in [-0.25, -0.2) is 17.8 Å². The lowest BCUT2D eigenvalue weighted by atomic mass is 10.1. The second-order valence-corrected chi connectivity index (χ2v) is 11.7. The summed E-state index contributed by atoms with van der Waals surface area (Å²) in [6, 6.07) is 20.5. The molecule has 0 saturated heterocycles. The minimum atomic E-state index is -3.93. The van der Waals surface area contributed by atoms with Gasteiger partial charge in [-0.3, -0.25) is 4.79 Å². The van der Waals surface area contributed by atoms with Crippen molar-refractivity contribution in [3.8, 4) is 0 Å². The van der Waals surface area contributed by atoms with E-state index in [0.717, 1.165) is 9.79 Å². The molecule has 3 aromatic carbocycles. The molecule has 0 spiro atoms. The van der Waals surface area contributed by atoms with Crippen molar-refractivity contribution in [2.75, 3.05) is 0 Å². The zero-order valence-corrected chi connectivity index (χ0v) is 22.9. The largest absolute Gasteiger partial charge is 0.296 e. The Bertz CT molecular complexity index is 1460. The van der Waals surface area contributed by atoms with Gasteiger partial charge in [0.05, 0.1) is 10.9 Å². The average Bonchev–Trinajstić information content (AvgIpc) is 3.32. The number of hydrogen-bond donors (Lipinski definition) is 1. The van der Waals surface area contributed by atoms with Crippen molar-refractivity contribution in [3.63, 3.8) is 0 Å². The quantitative estimate of drug-likeness (QED) is 0.266. The third-order valence-electron chi connectivity index (χ3n) is 5.52. The van der Waals surface area contributed by atoms with Crippen molar-refractivity contribution in [3.05, 3.63) is 94.2 Å². The predicted molar refractivity (Wildman–Crippen MR) is 143 cm³/mol. The fraction of sp³-hybridized carbons (Fsp3) is 0.200. The van der Waals surface area contributed by atoms with Gasteiger partial charge < -0.3 is 0 Å². The SMILES string of the molecule is CCC(NS(=O)(=O)c1ccc(Sc2ccccc2)cc1)C(=O)Cn1nnnc1Cc1c(Cl)cccc1Cl. The maximum absolute atomic E-state index is 13.0. The Morgan fingerprint density at radius 3 is 2.27 bits per heavy atom. The summed E-state index contributed by atoms with van der Waals surface area (Å²) in [6.45, 7) is 1.52. The van der Waals surface area contributed by atoms with Crippen LogP contribution in [0.25, 0.3) is 0 Å². The van der Waals surface area contributed by atoms with Crippen LogP contribution in [0.5, 0.6) is 0 Å². The van der Waals surface area contributed by atoms with Crippen LogP contribution in [0.15, 0.2) is 87.5 Å². The molecule has 192 valence electrons. The van der Waals surface area contributed by atoms with Crippen molar-refractivity contribution < 1.29 is 13.2 Å². The lowest BCUT2D eigenvalue weighted by molar-refractivity contribution is -0.121. The van der Waals surface area contributed by atoms with Crippen molar-refractivity contribution >= 4 is 50.8 Å². The van der Waals surface area contributed by atoms with Gasteiger partial charge in [0.2, 0.25) is 10.0 Å². The summed E-state index contributed by atoms with van der Waals surface area (Å²) < 4.78 is 29.9. The van der Waals surface area contributed by atoms with Crippen LogP contribution in [0.3, 0.4) is 0 Å². The molecule has 12 heteroatoms. The number of carbonyl (C=O) groups excluding carboxylic acids is 1. The van der Waals surface area contributed by atoms with Crippen LogP contribution in [-0.2, 0) is 27.8 Å². The first kappa shape index (κ1) is 27.3. The zero-order valence-electron chi connectivity index (χ0n) is 19.7. The number of carbonyl (C=O) groups is 1. The molecule has 0 amide bonds. The molecule has 8 nitrogen and oxygen atoms in total. The van der Waals surface area contributed by atoms with E-state index in [1.54, 1.807) is 37.3 Å². The van der Waals surface area contributed by atoms with Crippen LogP contribution in [0.1, 0.15) is 24.7 Å². The van der Waals surface area contributed by atoms with Gasteiger partial charge in [-0.05, 0) is 70.9 Å². The van der Waals surface area contributed by atoms with Crippen molar-refractivity contribution in [2.24, 2.45) is 0 Å². The summed E-state index contributed by atoms with van der Waals surface area (Å²) >= 11 is 14.0. The summed E-state index contributed by atoms with van der Waals surface area (Å²) in [6.07, 6.45) is 0.475. The Morgan fingerprint density at radius 2 is 1.62 bits per heavy atom. The standard InChI is InChI=1S/C25H23Cl2N5O3S2/c1-2-23(24(33)16-32-25(28-30-31-32)15-20-21(26)9-6-10-22(20)27)29-37(34,35)19-13-11-18(12-14-19)36-17-7-4-3-5-8-17/h3-14,23,29H,2,15-16H2,1H3. The number of ketones is 1. The van der Waals surface area contributed by atoms with Gasteiger partial charge >= 0.3 is 0 Å². The second-order valence-electron chi connectivity index (χ2n) is 8.06. The molecule has 0 aliphatic heterocycles. The lowest BCUT2D eigenvalue weighted by Gasteiger charge is -2.17. The van der Waals surface area contributed by atoms with Crippen LogP contribution in [-0.4, -0.2) is 40.5 Å². The maximum Gasteiger partial charge on any atom is 0.241 e. The number of halogens is 2. The number of nitrogens with zero attached hydrogens (tertiary/aromatic N) is 4. The molecule has 1 N–H and O–H groups in total. The van der Waals surface area contributed by atoms with Crippen LogP contribution in [0, 0.1) is 0 Å². The average molecular weight is 577 g/mol. The van der Waals surface area contributed by atoms with E-state index < -0.39 is 16.1 Å². The van der Waals surface area contributed by atoms with E-state index in [-0.39, 0.29) is 30.1 Å². The Hall–Kier alpha value is -2.76. The minimum Gasteiger partial charge on any atom is -0.296 e. The molecular formula is C25H23Cl2N5O3S2. The van der Waals surface area contributed by atoms with Crippen LogP contribution < -0.4 is 4.72 Å². The molecule has 4 aromatic rings. The molecule has 0 aliphatic carbocycles. The predicted octanol–water partition coefficient (Wildman–Crippen LogP) is 5.05. The topological polar surface area (TPSA) is 107 Å². The number of aromatic nitrogens is 4. The first-order valence-corrected chi connectivity index (χ1v) is 14.4. The molecular weight excluding hydrogens is 553 g/mol. The van der Waals surface area contributed by atoms with Crippen molar-refractivity contribution in [1.29, 1.82) is 0 Å². The van der Waals surface area contributed by atoms with Gasteiger partial charge in [-0.2, -0.15) is 0 Å². The van der Waals surface area contributed by atoms with Gasteiger partial charge in [-0.15, -0.1) is 5.10 Å². The summed E-state index contributed by atoms with van der Waals surface area (Å²) in [4.78, 5) is 15.1. The molecule has 0 saturated carbocycles. The smallest absolute Gasteiger partial charge is 0.241 e. The number of tetrazole rings is 1. The molecule has 1 atom stereocenters. The summed E-state index contributed by atoms with van der Waals surface area (Å²) in [5.41, 5.74) is 0.635. The Labute approximate surface area is 229 Å². The molecule has 1 heterocycles. The molecule has 0 radical (unpaired) electrons. The number of sulfonamides is 1. The third-order valence-corrected chi connectivity index (χ3v) is 8.73. The third kappa shape index (κ3) is 6.97. The number of Topliss-reactive ketones (excluding diaryl/α,β-unsaturated/α-hetero) is 1. The highest BCUT2D eigenvalue weighted by atomic mass is 35.5. The maximum atomic E-state index is 13.0. The van der Waals surface area contributed by atoms with E-state index in [1.807, 2.05) is 30.3 Å². The zero-order chi connectivity index (χ0) is 26.4. The summed E-state index contributed by atoms with van der Waals surface area (Å²) in [7, 11) is -3.93. The highest BCUT2D eigenvalue weighted by Gasteiger charge is 2.26. The van der Waals surface area contributed by atoms with Gasteiger partial charge in [0.15, 0.2) is 11.6 Å². The summed E-state index contributed by atoms with van der Waals surface area (Å²) in [5.74, 6) is 0.00805. The Balaban J connectivity index is 1.43. The monoisotopic (exact) mass is 575 g/mol. The van der Waals surface area contributed by atoms with E-state index in [0.29, 0.717) is 21.4 Å². The van der Waals surface area contributed by atoms with Crippen molar-refractivity contribution in [2.45, 2.75) is 47.0 Å². The minimum absolute atomic E-state index is 0.0765. The molecule has 0 aliphatic rings. The van der Waals surface area contributed by atoms with E-state index in [4.69, 9.17) is 23.2 Å². The van der Waals surface area contributed by atoms with E-state index in [1.165, 1.54) is 28.6 Å². The van der Waals surface area contributed by atoms with Gasteiger partial charge in [0.1, 0.15) is 6.54 Å². The lowest BCUT2D eigenvalue weighted by Crippen LogP contribution is -2.42. The Morgan fingerprint density at radius 1 is 0.973 bits per heavy atom. The van der Waals surface area contributed by atoms with Crippen LogP contribution in [0.4, 0.5) is 0 Å². The van der Waals surface area contributed by atoms with E-state index >= 15 is 0 Å². The molecule has 0 fully saturated rings. The fourth-order valence-electron chi connectivity index (χ4n) is 3.53. The van der Waals surface area contributed by atoms with Crippen molar-refractivity contribution in [1.82, 2.24) is 24.9 Å². The number of hydrogen-bond acceptors (Lipinski definition) is 7. The summed E-state index contributed by atoms with van der Waals surface area (Å²) in [5, 5.41) is 12.5. The highest BCUT2D eigenvalue weighted by molar-refractivity contribution is 7.99. The number of benzene rings is 3. The first-order valence-electron chi connectivity index (χ1n) is 11.3. The molecule has 1 unspecified atom stereocenters. The van der Waals surface area contributed by atoms with E-state index in [9.17, 15) is 13.2 Å². The van der Waals surface area contributed by atoms with Crippen LogP contribution >= 0.6 is 35.0 Å². The van der Waals surface area contributed by atoms with E-state index in [2.05, 4.69) is 20.2 Å². The number of rotatable bonds is 11. The van der Waals surface area contributed by atoms with Gasteiger partial charge in [-0.1, -0.05) is 66.2 Å². The number of nitrogens with one attached hydrogen (secondary N) is 1. The molecule has 37 heavy (non-hydrogen) atoms. The van der Waals surface area contributed by atoms with Gasteiger partial charge in [0, 0.05) is 26.3 Å². The highest BCUT2D eigenvalue weighted by Crippen LogP contribution is 2.28. The van der Waals surface area contributed by atoms with Gasteiger partial charge in [0.25, 0.3) is 0 Å². The molecule has 0 bridgehead atoms. The molecule has 1 aromatic heterocycles. The van der Waals surface area contributed by atoms with Crippen LogP contribution in [0.2, 0.25) is 10.0 Å². The molecule has 4 rings (SSSR count).